The van der Waals surface area contributed by atoms with Crippen LogP contribution in [0, 0.1) is 13.8 Å². The van der Waals surface area contributed by atoms with E-state index in [2.05, 4.69) is 17.3 Å². The Bertz CT molecular complexity index is 1050. The first kappa shape index (κ1) is 18.2. The van der Waals surface area contributed by atoms with Crippen LogP contribution in [-0.4, -0.2) is 21.5 Å². The highest BCUT2D eigenvalue weighted by molar-refractivity contribution is 6.08. The summed E-state index contributed by atoms with van der Waals surface area (Å²) in [5, 5.41) is 7.56. The van der Waals surface area contributed by atoms with Gasteiger partial charge in [0.2, 0.25) is 5.91 Å². The Morgan fingerprint density at radius 3 is 2.43 bits per heavy atom. The van der Waals surface area contributed by atoms with E-state index < -0.39 is 5.92 Å². The van der Waals surface area contributed by atoms with Crippen molar-refractivity contribution < 1.29 is 9.59 Å². The Kier molecular flexibility index (Phi) is 4.59. The van der Waals surface area contributed by atoms with Crippen molar-refractivity contribution in [1.82, 2.24) is 9.78 Å². The molecule has 5 heteroatoms. The lowest BCUT2D eigenvalue weighted by molar-refractivity contribution is -0.116. The summed E-state index contributed by atoms with van der Waals surface area (Å²) in [4.78, 5) is 25.6. The summed E-state index contributed by atoms with van der Waals surface area (Å²) in [6.07, 6.45) is 1.06. The predicted molar refractivity (Wildman–Crippen MR) is 109 cm³/mol. The summed E-state index contributed by atoms with van der Waals surface area (Å²) in [6.45, 7) is 5.99. The van der Waals surface area contributed by atoms with Crippen molar-refractivity contribution in [2.75, 3.05) is 5.32 Å². The van der Waals surface area contributed by atoms with Crippen LogP contribution in [-0.2, 0) is 11.2 Å². The number of ketones is 1. The summed E-state index contributed by atoms with van der Waals surface area (Å²) in [6, 6.07) is 15.6. The number of aryl methyl sites for hydroxylation is 3. The SMILES string of the molecule is CCc1ccc(C(=O)C2CC(=O)Nc3c2c(C)nn3-c2ccc(C)cc2)cc1. The highest BCUT2D eigenvalue weighted by Gasteiger charge is 2.36. The van der Waals surface area contributed by atoms with Gasteiger partial charge in [0.1, 0.15) is 5.82 Å². The first-order valence-corrected chi connectivity index (χ1v) is 9.57. The van der Waals surface area contributed by atoms with Crippen molar-refractivity contribution in [3.8, 4) is 5.69 Å². The number of fused-ring (bicyclic) bond motifs is 1. The molecule has 0 aliphatic carbocycles. The average molecular weight is 373 g/mol. The highest BCUT2D eigenvalue weighted by atomic mass is 16.2. The van der Waals surface area contributed by atoms with Crippen LogP contribution in [0.2, 0.25) is 0 Å². The van der Waals surface area contributed by atoms with Crippen LogP contribution in [0.1, 0.15) is 52.0 Å². The molecule has 1 atom stereocenters. The normalized spacial score (nSPS) is 15.8. The lowest BCUT2D eigenvalue weighted by Gasteiger charge is -2.23. The number of hydrogen-bond acceptors (Lipinski definition) is 3. The number of Topliss-reactive ketones (excluding diaryl/α,β-unsaturated/α-hetero) is 1. The van der Waals surface area contributed by atoms with Gasteiger partial charge >= 0.3 is 0 Å². The van der Waals surface area contributed by atoms with Gasteiger partial charge in [0.05, 0.1) is 17.3 Å². The van der Waals surface area contributed by atoms with E-state index in [1.165, 1.54) is 5.56 Å². The van der Waals surface area contributed by atoms with Crippen LogP contribution in [0.25, 0.3) is 5.69 Å². The number of carbonyl (C=O) groups excluding carboxylic acids is 2. The number of nitrogens with one attached hydrogen (secondary N) is 1. The van der Waals surface area contributed by atoms with Gasteiger partial charge in [-0.2, -0.15) is 5.10 Å². The van der Waals surface area contributed by atoms with E-state index in [0.29, 0.717) is 11.4 Å². The Balaban J connectivity index is 1.77. The summed E-state index contributed by atoms with van der Waals surface area (Å²) in [7, 11) is 0. The van der Waals surface area contributed by atoms with Gasteiger partial charge in [0.15, 0.2) is 5.78 Å². The molecule has 1 aromatic heterocycles. The third-order valence-electron chi connectivity index (χ3n) is 5.34. The topological polar surface area (TPSA) is 64.0 Å². The fourth-order valence-corrected chi connectivity index (χ4v) is 3.75. The monoisotopic (exact) mass is 373 g/mol. The van der Waals surface area contributed by atoms with Gasteiger partial charge in [-0.25, -0.2) is 4.68 Å². The molecule has 1 amide bonds. The minimum Gasteiger partial charge on any atom is -0.310 e. The lowest BCUT2D eigenvalue weighted by atomic mass is 9.85. The Labute approximate surface area is 164 Å². The molecule has 1 unspecified atom stereocenters. The summed E-state index contributed by atoms with van der Waals surface area (Å²) < 4.78 is 1.72. The van der Waals surface area contributed by atoms with Crippen molar-refractivity contribution in [3.05, 3.63) is 76.5 Å². The molecule has 5 nitrogen and oxygen atoms in total. The number of amides is 1. The molecule has 0 saturated carbocycles. The Morgan fingerprint density at radius 1 is 1.11 bits per heavy atom. The smallest absolute Gasteiger partial charge is 0.226 e. The molecule has 1 aliphatic rings. The molecule has 0 bridgehead atoms. The van der Waals surface area contributed by atoms with Crippen molar-refractivity contribution in [2.24, 2.45) is 0 Å². The molecule has 2 heterocycles. The highest BCUT2D eigenvalue weighted by Crippen LogP contribution is 2.38. The fraction of sp³-hybridized carbons (Fsp3) is 0.261. The zero-order chi connectivity index (χ0) is 19.8. The number of hydrogen-bond donors (Lipinski definition) is 1. The average Bonchev–Trinajstić information content (AvgIpc) is 3.03. The van der Waals surface area contributed by atoms with E-state index in [9.17, 15) is 9.59 Å². The third-order valence-corrected chi connectivity index (χ3v) is 5.34. The van der Waals surface area contributed by atoms with Crippen LogP contribution in [0.3, 0.4) is 0 Å². The van der Waals surface area contributed by atoms with E-state index in [-0.39, 0.29) is 18.1 Å². The van der Waals surface area contributed by atoms with Crippen molar-refractivity contribution in [3.63, 3.8) is 0 Å². The van der Waals surface area contributed by atoms with Gasteiger partial charge in [-0.15, -0.1) is 0 Å². The van der Waals surface area contributed by atoms with Gasteiger partial charge in [-0.05, 0) is 38.0 Å². The van der Waals surface area contributed by atoms with E-state index >= 15 is 0 Å². The van der Waals surface area contributed by atoms with Crippen LogP contribution < -0.4 is 5.32 Å². The predicted octanol–water partition coefficient (Wildman–Crippen LogP) is 4.36. The molecule has 0 fully saturated rings. The van der Waals surface area contributed by atoms with Gasteiger partial charge in [-0.1, -0.05) is 48.9 Å². The number of carbonyl (C=O) groups is 2. The van der Waals surface area contributed by atoms with Gasteiger partial charge in [0.25, 0.3) is 0 Å². The van der Waals surface area contributed by atoms with Crippen LogP contribution in [0.4, 0.5) is 5.82 Å². The van der Waals surface area contributed by atoms with Crippen LogP contribution in [0.5, 0.6) is 0 Å². The van der Waals surface area contributed by atoms with E-state index in [1.54, 1.807) is 4.68 Å². The molecule has 4 rings (SSSR count). The summed E-state index contributed by atoms with van der Waals surface area (Å²) in [5.41, 5.74) is 5.39. The third kappa shape index (κ3) is 3.13. The van der Waals surface area contributed by atoms with Crippen molar-refractivity contribution in [1.29, 1.82) is 0 Å². The first-order valence-electron chi connectivity index (χ1n) is 9.57. The van der Waals surface area contributed by atoms with E-state index in [1.807, 2.05) is 62.4 Å². The van der Waals surface area contributed by atoms with Crippen LogP contribution in [0.15, 0.2) is 48.5 Å². The minimum atomic E-state index is -0.518. The Hall–Kier alpha value is -3.21. The molecule has 28 heavy (non-hydrogen) atoms. The molecule has 0 radical (unpaired) electrons. The second-order valence-electron chi connectivity index (χ2n) is 7.31. The number of anilines is 1. The molecule has 2 aromatic carbocycles. The minimum absolute atomic E-state index is 0.0368. The summed E-state index contributed by atoms with van der Waals surface area (Å²) in [5.74, 6) is -0.119. The maximum atomic E-state index is 13.2. The molecule has 1 N–H and O–H groups in total. The molecular weight excluding hydrogens is 350 g/mol. The fourth-order valence-electron chi connectivity index (χ4n) is 3.75. The van der Waals surface area contributed by atoms with Crippen LogP contribution >= 0.6 is 0 Å². The molecule has 0 saturated heterocycles. The zero-order valence-corrected chi connectivity index (χ0v) is 16.3. The standard InChI is InChI=1S/C23H23N3O2/c1-4-16-7-9-17(10-8-16)22(28)19-13-20(27)24-23-21(19)15(3)25-26(23)18-11-5-14(2)6-12-18/h5-12,19H,4,13H2,1-3H3,(H,24,27). The number of nitrogens with zero attached hydrogens (tertiary/aromatic N) is 2. The van der Waals surface area contributed by atoms with Gasteiger partial charge < -0.3 is 5.32 Å². The summed E-state index contributed by atoms with van der Waals surface area (Å²) >= 11 is 0. The molecule has 1 aliphatic heterocycles. The molecule has 3 aromatic rings. The second kappa shape index (κ2) is 7.08. The Morgan fingerprint density at radius 2 is 1.79 bits per heavy atom. The van der Waals surface area contributed by atoms with Gasteiger partial charge in [0, 0.05) is 17.5 Å². The number of rotatable bonds is 4. The first-order chi connectivity index (χ1) is 13.5. The van der Waals surface area contributed by atoms with Crippen molar-refractivity contribution in [2.45, 2.75) is 39.5 Å². The number of benzene rings is 2. The molecule has 0 spiro atoms. The largest absolute Gasteiger partial charge is 0.310 e. The maximum absolute atomic E-state index is 13.2. The van der Waals surface area contributed by atoms with Gasteiger partial charge in [-0.3, -0.25) is 9.59 Å². The number of aromatic nitrogens is 2. The maximum Gasteiger partial charge on any atom is 0.226 e. The zero-order valence-electron chi connectivity index (χ0n) is 16.3. The molecular formula is C23H23N3O2. The lowest BCUT2D eigenvalue weighted by Crippen LogP contribution is -2.28. The quantitative estimate of drug-likeness (QED) is 0.691. The van der Waals surface area contributed by atoms with Crippen molar-refractivity contribution >= 4 is 17.5 Å². The van der Waals surface area contributed by atoms with E-state index in [0.717, 1.165) is 28.9 Å². The molecule has 142 valence electrons. The van der Waals surface area contributed by atoms with E-state index in [4.69, 9.17) is 0 Å². The second-order valence-corrected chi connectivity index (χ2v) is 7.31.